The summed E-state index contributed by atoms with van der Waals surface area (Å²) in [5, 5.41) is 5.94. The molecule has 24 heavy (non-hydrogen) atoms. The molecule has 2 aromatic rings. The first-order valence-corrected chi connectivity index (χ1v) is 8.76. The molecular weight excluding hydrogens is 320 g/mol. The fourth-order valence-corrected chi connectivity index (χ4v) is 4.10. The number of halogens is 1. The maximum Gasteiger partial charge on any atom is 0.226 e. The van der Waals surface area contributed by atoms with Gasteiger partial charge in [0.05, 0.1) is 6.42 Å². The summed E-state index contributed by atoms with van der Waals surface area (Å²) in [5.74, 6) is 1.83. The van der Waals surface area contributed by atoms with E-state index < -0.39 is 0 Å². The first kappa shape index (κ1) is 17.2. The highest BCUT2D eigenvalue weighted by molar-refractivity contribution is 5.86. The molecule has 4 rings (SSSR count). The summed E-state index contributed by atoms with van der Waals surface area (Å²) in [4.78, 5) is 14.8. The molecule has 2 saturated heterocycles. The molecule has 2 fully saturated rings. The molecule has 2 aliphatic rings. The Morgan fingerprint density at radius 2 is 1.67 bits per heavy atom. The summed E-state index contributed by atoms with van der Waals surface area (Å²) >= 11 is 0. The smallest absolute Gasteiger partial charge is 0.226 e. The van der Waals surface area contributed by atoms with Crippen molar-refractivity contribution in [2.45, 2.75) is 19.3 Å². The number of rotatable bonds is 2. The van der Waals surface area contributed by atoms with E-state index in [0.717, 1.165) is 56.4 Å². The Morgan fingerprint density at radius 3 is 2.38 bits per heavy atom. The molecule has 2 heterocycles. The molecule has 0 saturated carbocycles. The van der Waals surface area contributed by atoms with E-state index >= 15 is 0 Å². The standard InChI is InChI=1S/C20H24N2O.ClH/c23-20(22-9-7-18-13-21-14-19(18)8-10-22)12-15-5-6-16-3-1-2-4-17(16)11-15;/h1-6,11,18-19,21H,7-10,12-14H2;1H/t18-,19+;. The lowest BCUT2D eigenvalue weighted by Crippen LogP contribution is -2.33. The van der Waals surface area contributed by atoms with Gasteiger partial charge in [0.15, 0.2) is 0 Å². The van der Waals surface area contributed by atoms with Crippen molar-refractivity contribution in [1.82, 2.24) is 10.2 Å². The van der Waals surface area contributed by atoms with Gasteiger partial charge in [-0.25, -0.2) is 0 Å². The summed E-state index contributed by atoms with van der Waals surface area (Å²) in [5.41, 5.74) is 1.12. The Bertz CT molecular complexity index is 704. The molecule has 2 aromatic carbocycles. The predicted octanol–water partition coefficient (Wildman–Crippen LogP) is 3.26. The highest BCUT2D eigenvalue weighted by Crippen LogP contribution is 2.27. The average Bonchev–Trinajstić information content (AvgIpc) is 2.93. The second-order valence-corrected chi connectivity index (χ2v) is 6.99. The van der Waals surface area contributed by atoms with E-state index in [4.69, 9.17) is 0 Å². The number of amides is 1. The van der Waals surface area contributed by atoms with Crippen molar-refractivity contribution in [2.24, 2.45) is 11.8 Å². The Balaban J connectivity index is 0.00000169. The quantitative estimate of drug-likeness (QED) is 0.907. The van der Waals surface area contributed by atoms with Crippen LogP contribution in [-0.2, 0) is 11.2 Å². The van der Waals surface area contributed by atoms with Gasteiger partial charge >= 0.3 is 0 Å². The van der Waals surface area contributed by atoms with E-state index in [2.05, 4.69) is 52.7 Å². The summed E-state index contributed by atoms with van der Waals surface area (Å²) in [6.45, 7) is 4.12. The molecule has 2 aliphatic heterocycles. The molecule has 0 aromatic heterocycles. The summed E-state index contributed by atoms with van der Waals surface area (Å²) in [6.07, 6.45) is 2.83. The van der Waals surface area contributed by atoms with E-state index in [0.29, 0.717) is 6.42 Å². The maximum absolute atomic E-state index is 12.7. The lowest BCUT2D eigenvalue weighted by Gasteiger charge is -2.21. The molecular formula is C20H25ClN2O. The molecule has 0 unspecified atom stereocenters. The SMILES string of the molecule is Cl.O=C(Cc1ccc2ccccc2c1)N1CC[C@@H]2CNC[C@@H]2CC1. The van der Waals surface area contributed by atoms with Gasteiger partial charge in [-0.3, -0.25) is 4.79 Å². The zero-order chi connectivity index (χ0) is 15.6. The number of benzene rings is 2. The highest BCUT2D eigenvalue weighted by atomic mass is 35.5. The van der Waals surface area contributed by atoms with Crippen LogP contribution >= 0.6 is 12.4 Å². The van der Waals surface area contributed by atoms with Crippen molar-refractivity contribution in [1.29, 1.82) is 0 Å². The third-order valence-electron chi connectivity index (χ3n) is 5.54. The van der Waals surface area contributed by atoms with Crippen LogP contribution < -0.4 is 5.32 Å². The zero-order valence-corrected chi connectivity index (χ0v) is 14.7. The van der Waals surface area contributed by atoms with E-state index in [1.165, 1.54) is 10.8 Å². The third-order valence-corrected chi connectivity index (χ3v) is 5.54. The number of hydrogen-bond donors (Lipinski definition) is 1. The lowest BCUT2D eigenvalue weighted by molar-refractivity contribution is -0.130. The molecule has 4 heteroatoms. The second kappa shape index (κ2) is 7.54. The lowest BCUT2D eigenvalue weighted by atomic mass is 9.92. The van der Waals surface area contributed by atoms with Crippen LogP contribution in [-0.4, -0.2) is 37.0 Å². The van der Waals surface area contributed by atoms with Crippen LogP contribution in [0.3, 0.4) is 0 Å². The number of carbonyl (C=O) groups is 1. The van der Waals surface area contributed by atoms with Crippen LogP contribution in [0.4, 0.5) is 0 Å². The van der Waals surface area contributed by atoms with Gasteiger partial charge in [-0.1, -0.05) is 42.5 Å². The van der Waals surface area contributed by atoms with Gasteiger partial charge in [-0.15, -0.1) is 12.4 Å². The van der Waals surface area contributed by atoms with Crippen molar-refractivity contribution in [3.05, 3.63) is 48.0 Å². The molecule has 3 nitrogen and oxygen atoms in total. The molecule has 2 atom stereocenters. The van der Waals surface area contributed by atoms with E-state index in [1.54, 1.807) is 0 Å². The Morgan fingerprint density at radius 1 is 1.00 bits per heavy atom. The zero-order valence-electron chi connectivity index (χ0n) is 13.9. The van der Waals surface area contributed by atoms with Gasteiger partial charge in [0.2, 0.25) is 5.91 Å². The molecule has 0 radical (unpaired) electrons. The van der Waals surface area contributed by atoms with Gasteiger partial charge in [0, 0.05) is 13.1 Å². The number of fused-ring (bicyclic) bond motifs is 2. The van der Waals surface area contributed by atoms with Crippen molar-refractivity contribution < 1.29 is 4.79 Å². The van der Waals surface area contributed by atoms with Crippen LogP contribution in [0.1, 0.15) is 18.4 Å². The van der Waals surface area contributed by atoms with Crippen molar-refractivity contribution in [3.63, 3.8) is 0 Å². The van der Waals surface area contributed by atoms with E-state index in [9.17, 15) is 4.79 Å². The van der Waals surface area contributed by atoms with Gasteiger partial charge in [0.25, 0.3) is 0 Å². The minimum Gasteiger partial charge on any atom is -0.342 e. The summed E-state index contributed by atoms with van der Waals surface area (Å²) in [6, 6.07) is 14.7. The Kier molecular flexibility index (Phi) is 5.42. The minimum absolute atomic E-state index is 0. The normalized spacial score (nSPS) is 23.4. The van der Waals surface area contributed by atoms with Crippen LogP contribution in [0.2, 0.25) is 0 Å². The number of hydrogen-bond acceptors (Lipinski definition) is 2. The molecule has 1 amide bonds. The van der Waals surface area contributed by atoms with Gasteiger partial charge in [0.1, 0.15) is 0 Å². The largest absolute Gasteiger partial charge is 0.342 e. The molecule has 0 bridgehead atoms. The highest BCUT2D eigenvalue weighted by Gasteiger charge is 2.31. The van der Waals surface area contributed by atoms with Crippen molar-refractivity contribution >= 4 is 29.1 Å². The fraction of sp³-hybridized carbons (Fsp3) is 0.450. The number of nitrogens with one attached hydrogen (secondary N) is 1. The van der Waals surface area contributed by atoms with Gasteiger partial charge < -0.3 is 10.2 Å². The number of carbonyl (C=O) groups excluding carboxylic acids is 1. The topological polar surface area (TPSA) is 32.3 Å². The monoisotopic (exact) mass is 344 g/mol. The van der Waals surface area contributed by atoms with E-state index in [-0.39, 0.29) is 18.3 Å². The van der Waals surface area contributed by atoms with Crippen LogP contribution in [0, 0.1) is 11.8 Å². The van der Waals surface area contributed by atoms with Crippen molar-refractivity contribution in [2.75, 3.05) is 26.2 Å². The first-order chi connectivity index (χ1) is 11.3. The molecule has 0 aliphatic carbocycles. The molecule has 1 N–H and O–H groups in total. The fourth-order valence-electron chi connectivity index (χ4n) is 4.10. The Hall–Kier alpha value is -1.58. The molecule has 0 spiro atoms. The van der Waals surface area contributed by atoms with Crippen molar-refractivity contribution in [3.8, 4) is 0 Å². The number of likely N-dealkylation sites (tertiary alicyclic amines) is 1. The average molecular weight is 345 g/mol. The van der Waals surface area contributed by atoms with Crippen LogP contribution in [0.5, 0.6) is 0 Å². The van der Waals surface area contributed by atoms with Gasteiger partial charge in [-0.05, 0) is 54.1 Å². The Labute approximate surface area is 149 Å². The van der Waals surface area contributed by atoms with E-state index in [1.807, 2.05) is 0 Å². The van der Waals surface area contributed by atoms with Crippen LogP contribution in [0.25, 0.3) is 10.8 Å². The first-order valence-electron chi connectivity index (χ1n) is 8.76. The second-order valence-electron chi connectivity index (χ2n) is 6.99. The van der Waals surface area contributed by atoms with Crippen LogP contribution in [0.15, 0.2) is 42.5 Å². The summed E-state index contributed by atoms with van der Waals surface area (Å²) in [7, 11) is 0. The van der Waals surface area contributed by atoms with Gasteiger partial charge in [-0.2, -0.15) is 0 Å². The number of nitrogens with zero attached hydrogens (tertiary/aromatic N) is 1. The third kappa shape index (κ3) is 3.57. The minimum atomic E-state index is 0. The predicted molar refractivity (Wildman–Crippen MR) is 101 cm³/mol. The molecule has 128 valence electrons. The summed E-state index contributed by atoms with van der Waals surface area (Å²) < 4.78 is 0. The maximum atomic E-state index is 12.7.